The fraction of sp³-hybridized carbons (Fsp3) is 0.455. The van der Waals surface area contributed by atoms with Gasteiger partial charge < -0.3 is 10.6 Å². The van der Waals surface area contributed by atoms with Gasteiger partial charge in [0, 0.05) is 22.9 Å². The Labute approximate surface area is 165 Å². The van der Waals surface area contributed by atoms with Crippen LogP contribution in [-0.2, 0) is 16.0 Å². The van der Waals surface area contributed by atoms with Crippen molar-refractivity contribution in [2.45, 2.75) is 52.0 Å². The molecule has 0 bridgehead atoms. The molecule has 0 aliphatic carbocycles. The fourth-order valence-corrected chi connectivity index (χ4v) is 4.72. The standard InChI is InChI=1S/C22H28N2O2S/c1-3-15(4-2)21(19-10-7-13-27-19)24-20(25)12-11-17-14-16-8-5-6-9-18(16)23-22(17)26/h5-10,13,15,17,21H,3-4,11-12,14H2,1-2H3,(H,23,26)(H,24,25). The number of hydrogen-bond donors (Lipinski definition) is 2. The van der Waals surface area contributed by atoms with E-state index in [0.29, 0.717) is 25.2 Å². The third-order valence-corrected chi connectivity index (χ3v) is 6.47. The van der Waals surface area contributed by atoms with Crippen molar-refractivity contribution >= 4 is 28.8 Å². The summed E-state index contributed by atoms with van der Waals surface area (Å²) in [7, 11) is 0. The number of rotatable bonds is 8. The van der Waals surface area contributed by atoms with Crippen molar-refractivity contribution in [1.82, 2.24) is 5.32 Å². The van der Waals surface area contributed by atoms with Crippen molar-refractivity contribution in [3.8, 4) is 0 Å². The molecule has 4 nitrogen and oxygen atoms in total. The van der Waals surface area contributed by atoms with Crippen molar-refractivity contribution in [3.05, 3.63) is 52.2 Å². The summed E-state index contributed by atoms with van der Waals surface area (Å²) in [4.78, 5) is 26.2. The maximum atomic E-state index is 12.6. The van der Waals surface area contributed by atoms with E-state index in [4.69, 9.17) is 0 Å². The predicted molar refractivity (Wildman–Crippen MR) is 111 cm³/mol. The van der Waals surface area contributed by atoms with E-state index in [0.717, 1.165) is 24.1 Å². The third kappa shape index (κ3) is 4.78. The van der Waals surface area contributed by atoms with E-state index in [1.807, 2.05) is 30.3 Å². The largest absolute Gasteiger partial charge is 0.348 e. The van der Waals surface area contributed by atoms with Crippen LogP contribution in [0.15, 0.2) is 41.8 Å². The maximum absolute atomic E-state index is 12.6. The Bertz CT molecular complexity index is 768. The first-order chi connectivity index (χ1) is 13.1. The van der Waals surface area contributed by atoms with Crippen LogP contribution in [0.4, 0.5) is 5.69 Å². The topological polar surface area (TPSA) is 58.2 Å². The highest BCUT2D eigenvalue weighted by Crippen LogP contribution is 2.31. The Morgan fingerprint density at radius 1 is 1.22 bits per heavy atom. The average Bonchev–Trinajstić information content (AvgIpc) is 3.21. The highest BCUT2D eigenvalue weighted by molar-refractivity contribution is 7.10. The molecule has 0 radical (unpaired) electrons. The van der Waals surface area contributed by atoms with Crippen molar-refractivity contribution in [2.24, 2.45) is 11.8 Å². The molecule has 0 spiro atoms. The molecule has 1 aromatic carbocycles. The van der Waals surface area contributed by atoms with Gasteiger partial charge in [0.05, 0.1) is 6.04 Å². The normalized spacial score (nSPS) is 17.3. The monoisotopic (exact) mass is 384 g/mol. The van der Waals surface area contributed by atoms with Crippen LogP contribution in [0.2, 0.25) is 0 Å². The smallest absolute Gasteiger partial charge is 0.227 e. The molecule has 144 valence electrons. The van der Waals surface area contributed by atoms with E-state index < -0.39 is 0 Å². The summed E-state index contributed by atoms with van der Waals surface area (Å²) in [6, 6.07) is 12.1. The number of carbonyl (C=O) groups is 2. The molecule has 0 saturated heterocycles. The zero-order valence-electron chi connectivity index (χ0n) is 16.0. The Morgan fingerprint density at radius 2 is 2.00 bits per heavy atom. The van der Waals surface area contributed by atoms with E-state index in [2.05, 4.69) is 35.9 Å². The second-order valence-electron chi connectivity index (χ2n) is 7.22. The van der Waals surface area contributed by atoms with Crippen LogP contribution >= 0.6 is 11.3 Å². The lowest BCUT2D eigenvalue weighted by Gasteiger charge is -2.27. The highest BCUT2D eigenvalue weighted by Gasteiger charge is 2.28. The number of amides is 2. The SMILES string of the molecule is CCC(CC)C(NC(=O)CCC1Cc2ccccc2NC1=O)c1cccs1. The van der Waals surface area contributed by atoms with Gasteiger partial charge in [-0.3, -0.25) is 9.59 Å². The number of carbonyl (C=O) groups excluding carboxylic acids is 2. The molecule has 0 saturated carbocycles. The Balaban J connectivity index is 1.59. The molecule has 5 heteroatoms. The maximum Gasteiger partial charge on any atom is 0.227 e. The van der Waals surface area contributed by atoms with Crippen molar-refractivity contribution in [3.63, 3.8) is 0 Å². The molecule has 27 heavy (non-hydrogen) atoms. The molecular weight excluding hydrogens is 356 g/mol. The fourth-order valence-electron chi connectivity index (χ4n) is 3.85. The van der Waals surface area contributed by atoms with Gasteiger partial charge in [-0.1, -0.05) is 51.0 Å². The Kier molecular flexibility index (Phi) is 6.67. The van der Waals surface area contributed by atoms with Crippen molar-refractivity contribution in [2.75, 3.05) is 5.32 Å². The first-order valence-electron chi connectivity index (χ1n) is 9.83. The molecule has 2 aromatic rings. The van der Waals surface area contributed by atoms with Crippen LogP contribution in [-0.4, -0.2) is 11.8 Å². The lowest BCUT2D eigenvalue weighted by molar-refractivity contribution is -0.123. The van der Waals surface area contributed by atoms with Crippen LogP contribution < -0.4 is 10.6 Å². The summed E-state index contributed by atoms with van der Waals surface area (Å²) in [5.41, 5.74) is 2.05. The van der Waals surface area contributed by atoms with Crippen molar-refractivity contribution in [1.29, 1.82) is 0 Å². The minimum atomic E-state index is -0.140. The zero-order valence-corrected chi connectivity index (χ0v) is 16.9. The van der Waals surface area contributed by atoms with E-state index in [1.165, 1.54) is 4.88 Å². The molecular formula is C22H28N2O2S. The number of nitrogens with one attached hydrogen (secondary N) is 2. The first kappa shape index (κ1) is 19.6. The van der Waals surface area contributed by atoms with Gasteiger partial charge in [-0.25, -0.2) is 0 Å². The number of para-hydroxylation sites is 1. The Morgan fingerprint density at radius 3 is 2.70 bits per heavy atom. The Hall–Kier alpha value is -2.14. The van der Waals surface area contributed by atoms with Crippen LogP contribution in [0.3, 0.4) is 0 Å². The molecule has 3 rings (SSSR count). The highest BCUT2D eigenvalue weighted by atomic mass is 32.1. The first-order valence-corrected chi connectivity index (χ1v) is 10.7. The minimum Gasteiger partial charge on any atom is -0.348 e. The lowest BCUT2D eigenvalue weighted by Crippen LogP contribution is -2.34. The molecule has 1 aliphatic rings. The summed E-state index contributed by atoms with van der Waals surface area (Å²) in [5.74, 6) is 0.347. The van der Waals surface area contributed by atoms with Crippen molar-refractivity contribution < 1.29 is 9.59 Å². The molecule has 2 unspecified atom stereocenters. The van der Waals surface area contributed by atoms with Gasteiger partial charge in [0.2, 0.25) is 11.8 Å². The van der Waals surface area contributed by atoms with Gasteiger partial charge in [0.25, 0.3) is 0 Å². The molecule has 2 heterocycles. The van der Waals surface area contributed by atoms with Gasteiger partial charge >= 0.3 is 0 Å². The van der Waals surface area contributed by atoms with E-state index in [-0.39, 0.29) is 23.8 Å². The van der Waals surface area contributed by atoms with E-state index in [9.17, 15) is 9.59 Å². The lowest BCUT2D eigenvalue weighted by atomic mass is 9.89. The van der Waals surface area contributed by atoms with Gasteiger partial charge in [0.1, 0.15) is 0 Å². The number of hydrogen-bond acceptors (Lipinski definition) is 3. The van der Waals surface area contributed by atoms with Crippen LogP contribution in [0.1, 0.15) is 56.0 Å². The average molecular weight is 385 g/mol. The molecule has 1 aliphatic heterocycles. The molecule has 2 atom stereocenters. The van der Waals surface area contributed by atoms with Crippen LogP contribution in [0.25, 0.3) is 0 Å². The van der Waals surface area contributed by atoms with E-state index >= 15 is 0 Å². The summed E-state index contributed by atoms with van der Waals surface area (Å²) in [6.45, 7) is 4.34. The summed E-state index contributed by atoms with van der Waals surface area (Å²) in [5, 5.41) is 8.26. The van der Waals surface area contributed by atoms with Gasteiger partial charge in [-0.2, -0.15) is 0 Å². The summed E-state index contributed by atoms with van der Waals surface area (Å²) in [6.07, 6.45) is 3.72. The number of thiophene rings is 1. The molecule has 2 N–H and O–H groups in total. The van der Waals surface area contributed by atoms with Gasteiger partial charge in [-0.05, 0) is 41.8 Å². The summed E-state index contributed by atoms with van der Waals surface area (Å²) >= 11 is 1.69. The van der Waals surface area contributed by atoms with Gasteiger partial charge in [0.15, 0.2) is 0 Å². The number of benzene rings is 1. The number of fused-ring (bicyclic) bond motifs is 1. The quantitative estimate of drug-likeness (QED) is 0.678. The number of anilines is 1. The molecule has 1 aromatic heterocycles. The second kappa shape index (κ2) is 9.18. The van der Waals surface area contributed by atoms with E-state index in [1.54, 1.807) is 11.3 Å². The second-order valence-corrected chi connectivity index (χ2v) is 8.20. The molecule has 2 amide bonds. The molecule has 0 fully saturated rings. The summed E-state index contributed by atoms with van der Waals surface area (Å²) < 4.78 is 0. The minimum absolute atomic E-state index is 0.0244. The van der Waals surface area contributed by atoms with Gasteiger partial charge in [-0.15, -0.1) is 11.3 Å². The zero-order chi connectivity index (χ0) is 19.2. The predicted octanol–water partition coefficient (Wildman–Crippen LogP) is 4.93. The third-order valence-electron chi connectivity index (χ3n) is 5.52. The van der Waals surface area contributed by atoms with Crippen LogP contribution in [0.5, 0.6) is 0 Å². The van der Waals surface area contributed by atoms with Crippen LogP contribution in [0, 0.1) is 11.8 Å².